The molecule has 0 saturated heterocycles. The Balaban J connectivity index is 1.27. The van der Waals surface area contributed by atoms with Gasteiger partial charge in [0.05, 0.1) is 18.5 Å². The highest BCUT2D eigenvalue weighted by Gasteiger charge is 2.24. The lowest BCUT2D eigenvalue weighted by atomic mass is 10.1. The van der Waals surface area contributed by atoms with Gasteiger partial charge >= 0.3 is 6.09 Å². The molecule has 1 aromatic heterocycles. The smallest absolute Gasteiger partial charge is 0.409 e. The number of ether oxygens (including phenoxy) is 2. The molecule has 5 rings (SSSR count). The minimum atomic E-state index is -0.833. The van der Waals surface area contributed by atoms with Crippen molar-refractivity contribution in [3.05, 3.63) is 106 Å². The number of hydrogen-bond acceptors (Lipinski definition) is 8. The Kier molecular flexibility index (Phi) is 9.85. The Bertz CT molecular complexity index is 1750. The predicted octanol–water partition coefficient (Wildman–Crippen LogP) is 3.82. The van der Waals surface area contributed by atoms with E-state index >= 15 is 0 Å². The molecule has 12 heteroatoms. The molecule has 6 N–H and O–H groups in total. The van der Waals surface area contributed by atoms with Crippen LogP contribution in [0.1, 0.15) is 36.5 Å². The molecular formula is C33H35N7O5. The minimum Gasteiger partial charge on any atom is -0.409 e. The van der Waals surface area contributed by atoms with Gasteiger partial charge in [0.15, 0.2) is 5.82 Å². The van der Waals surface area contributed by atoms with Crippen molar-refractivity contribution in [1.82, 2.24) is 14.9 Å². The third-order valence-electron chi connectivity index (χ3n) is 6.96. The van der Waals surface area contributed by atoms with E-state index in [0.717, 1.165) is 24.0 Å². The number of carbonyl (C=O) groups excluding carboxylic acids is 2. The van der Waals surface area contributed by atoms with Gasteiger partial charge in [-0.05, 0) is 61.2 Å². The number of nitrogens with two attached hydrogens (primary N) is 2. The second-order valence-corrected chi connectivity index (χ2v) is 10.6. The maximum Gasteiger partial charge on any atom is 0.441 e. The summed E-state index contributed by atoms with van der Waals surface area (Å²) in [6.07, 6.45) is 2.68. The molecule has 0 aliphatic heterocycles. The molecule has 0 radical (unpaired) electrons. The quantitative estimate of drug-likeness (QED) is 0.106. The van der Waals surface area contributed by atoms with Crippen molar-refractivity contribution < 1.29 is 19.1 Å². The van der Waals surface area contributed by atoms with Crippen LogP contribution in [0.3, 0.4) is 0 Å². The van der Waals surface area contributed by atoms with Crippen molar-refractivity contribution in [3.63, 3.8) is 0 Å². The van der Waals surface area contributed by atoms with E-state index < -0.39 is 11.7 Å². The van der Waals surface area contributed by atoms with E-state index in [0.29, 0.717) is 41.5 Å². The maximum atomic E-state index is 13.5. The van der Waals surface area contributed by atoms with Crippen LogP contribution < -0.4 is 32.4 Å². The molecule has 1 aliphatic rings. The molecule has 45 heavy (non-hydrogen) atoms. The molecule has 3 aromatic carbocycles. The molecule has 2 amide bonds. The highest BCUT2D eigenvalue weighted by molar-refractivity contribution is 6.03. The summed E-state index contributed by atoms with van der Waals surface area (Å²) in [6, 6.07) is 21.1. The van der Waals surface area contributed by atoms with Crippen LogP contribution in [-0.4, -0.2) is 40.0 Å². The number of aromatic nitrogens is 2. The molecule has 1 saturated carbocycles. The summed E-state index contributed by atoms with van der Waals surface area (Å²) < 4.78 is 12.1. The molecule has 1 heterocycles. The third-order valence-corrected chi connectivity index (χ3v) is 6.96. The zero-order chi connectivity index (χ0) is 31.8. The van der Waals surface area contributed by atoms with Crippen molar-refractivity contribution >= 4 is 29.3 Å². The van der Waals surface area contributed by atoms with Crippen LogP contribution in [0.15, 0.2) is 88.8 Å². The molecule has 1 fully saturated rings. The first-order valence-corrected chi connectivity index (χ1v) is 14.6. The van der Waals surface area contributed by atoms with E-state index in [4.69, 9.17) is 20.9 Å². The number of para-hydroxylation sites is 1. The molecule has 0 unspecified atom stereocenters. The lowest BCUT2D eigenvalue weighted by molar-refractivity contribution is -0.121. The summed E-state index contributed by atoms with van der Waals surface area (Å²) in [5.41, 5.74) is 15.5. The Morgan fingerprint density at radius 3 is 2.51 bits per heavy atom. The summed E-state index contributed by atoms with van der Waals surface area (Å²) >= 11 is 0. The van der Waals surface area contributed by atoms with Gasteiger partial charge < -0.3 is 31.6 Å². The van der Waals surface area contributed by atoms with Gasteiger partial charge in [0.25, 0.3) is 5.56 Å². The number of hydrogen-bond donors (Lipinski definition) is 4. The van der Waals surface area contributed by atoms with Gasteiger partial charge in [-0.1, -0.05) is 42.5 Å². The van der Waals surface area contributed by atoms with E-state index in [1.807, 2.05) is 19.1 Å². The van der Waals surface area contributed by atoms with Crippen LogP contribution >= 0.6 is 0 Å². The molecular weight excluding hydrogens is 574 g/mol. The summed E-state index contributed by atoms with van der Waals surface area (Å²) in [5.74, 6) is 0.197. The number of nitrogens with zero attached hydrogens (tertiary/aromatic N) is 3. The van der Waals surface area contributed by atoms with Gasteiger partial charge in [-0.3, -0.25) is 14.2 Å². The number of aliphatic imine (C=N–C) groups is 1. The average molecular weight is 610 g/mol. The summed E-state index contributed by atoms with van der Waals surface area (Å²) in [5, 5.41) is 6.02. The Morgan fingerprint density at radius 2 is 1.80 bits per heavy atom. The summed E-state index contributed by atoms with van der Waals surface area (Å²) in [4.78, 5) is 46.9. The van der Waals surface area contributed by atoms with Gasteiger partial charge in [-0.15, -0.1) is 0 Å². The summed E-state index contributed by atoms with van der Waals surface area (Å²) in [7, 11) is 0. The van der Waals surface area contributed by atoms with Crippen molar-refractivity contribution in [2.24, 2.45) is 10.7 Å². The number of nitrogen functional groups attached to an aromatic ring is 1. The first-order valence-electron chi connectivity index (χ1n) is 14.6. The van der Waals surface area contributed by atoms with Crippen LogP contribution in [0.5, 0.6) is 5.75 Å². The van der Waals surface area contributed by atoms with Crippen LogP contribution in [0.2, 0.25) is 0 Å². The number of carbonyl (C=O) groups is 2. The molecule has 232 valence electrons. The normalized spacial score (nSPS) is 12.9. The molecule has 0 bridgehead atoms. The zero-order valence-corrected chi connectivity index (χ0v) is 24.9. The second kappa shape index (κ2) is 14.3. The van der Waals surface area contributed by atoms with E-state index in [2.05, 4.69) is 20.6 Å². The Labute approximate surface area is 260 Å². The van der Waals surface area contributed by atoms with E-state index in [1.54, 1.807) is 66.9 Å². The van der Waals surface area contributed by atoms with Crippen molar-refractivity contribution in [3.8, 4) is 17.0 Å². The van der Waals surface area contributed by atoms with Crippen LogP contribution in [0.4, 0.5) is 16.3 Å². The van der Waals surface area contributed by atoms with Crippen LogP contribution in [0, 0.1) is 0 Å². The fraction of sp³-hybridized carbons (Fsp3) is 0.242. The minimum absolute atomic E-state index is 0.00215. The largest absolute Gasteiger partial charge is 0.441 e. The van der Waals surface area contributed by atoms with Gasteiger partial charge in [0, 0.05) is 36.0 Å². The fourth-order valence-corrected chi connectivity index (χ4v) is 4.53. The molecule has 12 nitrogen and oxygen atoms in total. The second-order valence-electron chi connectivity index (χ2n) is 10.6. The standard InChI is InChI=1S/C33H35N7O5/c1-2-44-20-22-14-24(16-25(34)15-22)28-18-37-31(38-26-12-13-26)32(42)40(28)19-29(41)36-17-21-8-10-23(11-9-21)30(35)39-33(43)45-27-6-4-3-5-7-27/h3-11,14-16,18,26H,2,12-13,17,19-20,34H2,1H3,(H,36,41)(H,37,38)(H2,35,39,43). The first-order chi connectivity index (χ1) is 21.8. The molecule has 0 atom stereocenters. The number of rotatable bonds is 12. The van der Waals surface area contributed by atoms with Crippen molar-refractivity contribution in [2.45, 2.75) is 45.5 Å². The van der Waals surface area contributed by atoms with Gasteiger partial charge in [0.2, 0.25) is 5.91 Å². The third kappa shape index (κ3) is 8.54. The fourth-order valence-electron chi connectivity index (χ4n) is 4.53. The topological polar surface area (TPSA) is 176 Å². The molecule has 0 spiro atoms. The highest BCUT2D eigenvalue weighted by atomic mass is 16.5. The monoisotopic (exact) mass is 609 g/mol. The maximum absolute atomic E-state index is 13.5. The number of nitrogens with one attached hydrogen (secondary N) is 2. The van der Waals surface area contributed by atoms with E-state index in [1.165, 1.54) is 4.57 Å². The van der Waals surface area contributed by atoms with Crippen molar-refractivity contribution in [2.75, 3.05) is 17.7 Å². The van der Waals surface area contributed by atoms with Gasteiger partial charge in [0.1, 0.15) is 18.1 Å². The van der Waals surface area contributed by atoms with Crippen LogP contribution in [0.25, 0.3) is 11.3 Å². The van der Waals surface area contributed by atoms with Gasteiger partial charge in [-0.25, -0.2) is 9.78 Å². The predicted molar refractivity (Wildman–Crippen MR) is 172 cm³/mol. The lowest BCUT2D eigenvalue weighted by Gasteiger charge is -2.16. The highest BCUT2D eigenvalue weighted by Crippen LogP contribution is 2.26. The number of anilines is 2. The lowest BCUT2D eigenvalue weighted by Crippen LogP contribution is -2.34. The Hall–Kier alpha value is -5.49. The van der Waals surface area contributed by atoms with E-state index in [9.17, 15) is 14.4 Å². The van der Waals surface area contributed by atoms with Crippen LogP contribution in [-0.2, 0) is 29.2 Å². The zero-order valence-electron chi connectivity index (χ0n) is 24.9. The Morgan fingerprint density at radius 1 is 1.04 bits per heavy atom. The summed E-state index contributed by atoms with van der Waals surface area (Å²) in [6.45, 7) is 2.79. The average Bonchev–Trinajstić information content (AvgIpc) is 3.85. The van der Waals surface area contributed by atoms with E-state index in [-0.39, 0.29) is 36.7 Å². The van der Waals surface area contributed by atoms with Crippen molar-refractivity contribution in [1.29, 1.82) is 0 Å². The first kappa shape index (κ1) is 31.0. The van der Waals surface area contributed by atoms with Gasteiger partial charge in [-0.2, -0.15) is 4.99 Å². The number of benzene rings is 3. The molecule has 4 aromatic rings. The number of amidine groups is 1. The SMILES string of the molecule is CCOCc1cc(N)cc(-c2cnc(NC3CC3)c(=O)n2CC(=O)NCc2ccc(/C(N)=N/C(=O)Oc3ccccc3)cc2)c1. The number of amides is 2. The molecule has 1 aliphatic carbocycles.